The van der Waals surface area contributed by atoms with Crippen LogP contribution in [0.3, 0.4) is 0 Å². The van der Waals surface area contributed by atoms with E-state index in [0.717, 1.165) is 17.7 Å². The number of nitrogens with zero attached hydrogens (tertiary/aromatic N) is 5. The number of hydrogen-bond acceptors (Lipinski definition) is 5. The summed E-state index contributed by atoms with van der Waals surface area (Å²) in [6, 6.07) is 9.79. The third-order valence-corrected chi connectivity index (χ3v) is 5.12. The van der Waals surface area contributed by atoms with E-state index in [9.17, 15) is 22.8 Å². The summed E-state index contributed by atoms with van der Waals surface area (Å²) in [5, 5.41) is 10.9. The number of aryl methyl sites for hydroxylation is 1. The largest absolute Gasteiger partial charge is 0.416 e. The van der Waals surface area contributed by atoms with Gasteiger partial charge in [0.1, 0.15) is 0 Å². The predicted octanol–water partition coefficient (Wildman–Crippen LogP) is 3.97. The number of aromatic nitrogens is 5. The number of halogens is 3. The van der Waals surface area contributed by atoms with E-state index in [4.69, 9.17) is 0 Å². The van der Waals surface area contributed by atoms with Crippen molar-refractivity contribution in [1.82, 2.24) is 24.5 Å². The molecule has 1 N–H and O–H groups in total. The minimum atomic E-state index is -4.52. The number of ketones is 1. The Hall–Kier alpha value is -4.28. The maximum atomic E-state index is 13.1. The van der Waals surface area contributed by atoms with Gasteiger partial charge in [-0.2, -0.15) is 23.4 Å². The highest BCUT2D eigenvalue weighted by Crippen LogP contribution is 2.31. The second kappa shape index (κ2) is 8.93. The van der Waals surface area contributed by atoms with Gasteiger partial charge in [-0.3, -0.25) is 19.3 Å². The number of anilines is 1. The SMILES string of the molecule is Cc1nn(-c2cccc(C(F)(F)F)c2)c(C)c1C(=O)C(=O)Nc1ccn(Cc2ccncc2)n1. The molecule has 0 unspecified atom stereocenters. The molecule has 0 aliphatic rings. The molecular weight excluding hydrogens is 449 g/mol. The van der Waals surface area contributed by atoms with Gasteiger partial charge in [-0.25, -0.2) is 4.68 Å². The average Bonchev–Trinajstić information content (AvgIpc) is 3.36. The van der Waals surface area contributed by atoms with E-state index in [1.165, 1.54) is 30.7 Å². The molecule has 4 aromatic rings. The van der Waals surface area contributed by atoms with Crippen molar-refractivity contribution in [2.24, 2.45) is 0 Å². The predicted molar refractivity (Wildman–Crippen MR) is 117 cm³/mol. The first-order chi connectivity index (χ1) is 16.1. The number of hydrogen-bond donors (Lipinski definition) is 1. The summed E-state index contributed by atoms with van der Waals surface area (Å²) in [5.74, 6) is -1.60. The standard InChI is InChI=1S/C23H19F3N6O2/c1-14-20(15(2)32(29-14)18-5-3-4-17(12-18)23(24,25)26)21(33)22(34)28-19-8-11-31(30-19)13-16-6-9-27-10-7-16/h3-12H,13H2,1-2H3,(H,28,30,34). The van der Waals surface area contributed by atoms with Gasteiger partial charge in [-0.05, 0) is 49.7 Å². The Morgan fingerprint density at radius 2 is 1.76 bits per heavy atom. The lowest BCUT2D eigenvalue weighted by atomic mass is 10.1. The Morgan fingerprint density at radius 3 is 2.47 bits per heavy atom. The summed E-state index contributed by atoms with van der Waals surface area (Å²) in [7, 11) is 0. The summed E-state index contributed by atoms with van der Waals surface area (Å²) >= 11 is 0. The fraction of sp³-hybridized carbons (Fsp3) is 0.174. The van der Waals surface area contributed by atoms with Gasteiger partial charge >= 0.3 is 6.18 Å². The molecule has 1 aromatic carbocycles. The van der Waals surface area contributed by atoms with E-state index < -0.39 is 23.4 Å². The second-order valence-electron chi connectivity index (χ2n) is 7.54. The highest BCUT2D eigenvalue weighted by atomic mass is 19.4. The number of pyridine rings is 1. The molecule has 11 heteroatoms. The van der Waals surface area contributed by atoms with Gasteiger partial charge < -0.3 is 5.32 Å². The van der Waals surface area contributed by atoms with Crippen LogP contribution < -0.4 is 5.32 Å². The zero-order chi connectivity index (χ0) is 24.5. The molecule has 0 atom stereocenters. The number of alkyl halides is 3. The molecule has 0 fully saturated rings. The summed E-state index contributed by atoms with van der Waals surface area (Å²) in [6.45, 7) is 3.49. The van der Waals surface area contributed by atoms with Crippen molar-refractivity contribution in [3.8, 4) is 5.69 Å². The maximum Gasteiger partial charge on any atom is 0.416 e. The smallest absolute Gasteiger partial charge is 0.302 e. The van der Waals surface area contributed by atoms with Crippen LogP contribution in [0.15, 0.2) is 61.1 Å². The minimum Gasteiger partial charge on any atom is -0.302 e. The van der Waals surface area contributed by atoms with Gasteiger partial charge in [-0.15, -0.1) is 0 Å². The van der Waals surface area contributed by atoms with E-state index in [0.29, 0.717) is 6.54 Å². The van der Waals surface area contributed by atoms with Crippen LogP contribution in [0.1, 0.15) is 32.9 Å². The molecular formula is C23H19F3N6O2. The second-order valence-corrected chi connectivity index (χ2v) is 7.54. The molecule has 1 amide bonds. The first-order valence-electron chi connectivity index (χ1n) is 10.2. The first kappa shape index (κ1) is 22.9. The van der Waals surface area contributed by atoms with E-state index in [1.807, 2.05) is 12.1 Å². The normalized spacial score (nSPS) is 11.4. The topological polar surface area (TPSA) is 94.7 Å². The van der Waals surface area contributed by atoms with Crippen molar-refractivity contribution in [2.75, 3.05) is 5.32 Å². The lowest BCUT2D eigenvalue weighted by Gasteiger charge is -2.10. The van der Waals surface area contributed by atoms with E-state index >= 15 is 0 Å². The van der Waals surface area contributed by atoms with Crippen LogP contribution in [0.2, 0.25) is 0 Å². The van der Waals surface area contributed by atoms with Crippen LogP contribution in [-0.2, 0) is 17.5 Å². The Kier molecular flexibility index (Phi) is 6.01. The van der Waals surface area contributed by atoms with Crippen molar-refractivity contribution >= 4 is 17.5 Å². The number of carbonyl (C=O) groups is 2. The fourth-order valence-corrected chi connectivity index (χ4v) is 3.51. The van der Waals surface area contributed by atoms with Gasteiger partial charge in [0.15, 0.2) is 5.82 Å². The molecule has 0 saturated heterocycles. The van der Waals surface area contributed by atoms with Crippen molar-refractivity contribution < 1.29 is 22.8 Å². The minimum absolute atomic E-state index is 0.0196. The highest BCUT2D eigenvalue weighted by molar-refractivity contribution is 6.47. The molecule has 8 nitrogen and oxygen atoms in total. The quantitative estimate of drug-likeness (QED) is 0.341. The average molecular weight is 468 g/mol. The maximum absolute atomic E-state index is 13.1. The molecule has 0 aliphatic heterocycles. The molecule has 4 rings (SSSR count). The van der Waals surface area contributed by atoms with E-state index in [-0.39, 0.29) is 28.5 Å². The Labute approximate surface area is 192 Å². The van der Waals surface area contributed by atoms with Gasteiger partial charge in [0.25, 0.3) is 11.7 Å². The van der Waals surface area contributed by atoms with E-state index in [2.05, 4.69) is 20.5 Å². The monoisotopic (exact) mass is 468 g/mol. The number of benzene rings is 1. The van der Waals surface area contributed by atoms with Crippen LogP contribution >= 0.6 is 0 Å². The van der Waals surface area contributed by atoms with Crippen LogP contribution in [0.25, 0.3) is 5.69 Å². The number of amides is 1. The van der Waals surface area contributed by atoms with E-state index in [1.54, 1.807) is 29.3 Å². The lowest BCUT2D eigenvalue weighted by molar-refractivity contribution is -0.137. The third kappa shape index (κ3) is 4.72. The zero-order valence-electron chi connectivity index (χ0n) is 18.2. The zero-order valence-corrected chi connectivity index (χ0v) is 18.2. The summed E-state index contributed by atoms with van der Waals surface area (Å²) < 4.78 is 42.1. The molecule has 34 heavy (non-hydrogen) atoms. The summed E-state index contributed by atoms with van der Waals surface area (Å²) in [4.78, 5) is 29.4. The molecule has 0 aliphatic carbocycles. The molecule has 0 spiro atoms. The summed E-state index contributed by atoms with van der Waals surface area (Å²) in [5.41, 5.74) is 0.736. The van der Waals surface area contributed by atoms with Crippen LogP contribution in [0.4, 0.5) is 19.0 Å². The van der Waals surface area contributed by atoms with Crippen molar-refractivity contribution in [1.29, 1.82) is 0 Å². The third-order valence-electron chi connectivity index (χ3n) is 5.12. The van der Waals surface area contributed by atoms with Crippen LogP contribution in [-0.4, -0.2) is 36.2 Å². The number of nitrogens with one attached hydrogen (secondary N) is 1. The first-order valence-corrected chi connectivity index (χ1v) is 10.2. The van der Waals surface area contributed by atoms with Crippen molar-refractivity contribution in [3.05, 3.63) is 89.1 Å². The number of rotatable bonds is 6. The molecule has 3 heterocycles. The van der Waals surface area contributed by atoms with Gasteiger partial charge in [-0.1, -0.05) is 6.07 Å². The Bertz CT molecular complexity index is 1360. The van der Waals surface area contributed by atoms with Gasteiger partial charge in [0.2, 0.25) is 0 Å². The Morgan fingerprint density at radius 1 is 1.03 bits per heavy atom. The van der Waals surface area contributed by atoms with Crippen molar-refractivity contribution in [3.63, 3.8) is 0 Å². The fourth-order valence-electron chi connectivity index (χ4n) is 3.51. The number of carbonyl (C=O) groups excluding carboxylic acids is 2. The Balaban J connectivity index is 1.53. The van der Waals surface area contributed by atoms with Gasteiger partial charge in [0.05, 0.1) is 34.7 Å². The van der Waals surface area contributed by atoms with Gasteiger partial charge in [0, 0.05) is 24.7 Å². The van der Waals surface area contributed by atoms with Crippen LogP contribution in [0.5, 0.6) is 0 Å². The molecule has 174 valence electrons. The highest BCUT2D eigenvalue weighted by Gasteiger charge is 2.31. The van der Waals surface area contributed by atoms with Crippen molar-refractivity contribution in [2.45, 2.75) is 26.6 Å². The van der Waals surface area contributed by atoms with Crippen LogP contribution in [0, 0.1) is 13.8 Å². The molecule has 3 aromatic heterocycles. The lowest BCUT2D eigenvalue weighted by Crippen LogP contribution is -2.24. The molecule has 0 bridgehead atoms. The molecule has 0 saturated carbocycles. The summed E-state index contributed by atoms with van der Waals surface area (Å²) in [6.07, 6.45) is 0.447. The number of Topliss-reactive ketones (excluding diaryl/α,β-unsaturated/α-hetero) is 1. The molecule has 0 radical (unpaired) electrons.